The van der Waals surface area contributed by atoms with Gasteiger partial charge < -0.3 is 10.4 Å². The number of aliphatic hydroxyl groups excluding tert-OH is 1. The summed E-state index contributed by atoms with van der Waals surface area (Å²) in [6.07, 6.45) is 0.662. The molecule has 2 aromatic carbocycles. The highest BCUT2D eigenvalue weighted by molar-refractivity contribution is 5.18. The van der Waals surface area contributed by atoms with Crippen molar-refractivity contribution < 1.29 is 13.9 Å². The van der Waals surface area contributed by atoms with Gasteiger partial charge in [0.2, 0.25) is 0 Å². The van der Waals surface area contributed by atoms with Gasteiger partial charge in [0.1, 0.15) is 11.6 Å². The van der Waals surface area contributed by atoms with Gasteiger partial charge in [-0.3, -0.25) is 0 Å². The summed E-state index contributed by atoms with van der Waals surface area (Å²) in [5.74, 6) is -1.18. The van der Waals surface area contributed by atoms with Gasteiger partial charge in [-0.2, -0.15) is 0 Å². The van der Waals surface area contributed by atoms with Crippen molar-refractivity contribution in [1.82, 2.24) is 5.32 Å². The number of rotatable bonds is 6. The zero-order valence-electron chi connectivity index (χ0n) is 11.0. The fourth-order valence-corrected chi connectivity index (χ4v) is 2.08. The maximum atomic E-state index is 13.1. The summed E-state index contributed by atoms with van der Waals surface area (Å²) in [6, 6.07) is 13.0. The Morgan fingerprint density at radius 1 is 0.950 bits per heavy atom. The van der Waals surface area contributed by atoms with E-state index in [1.165, 1.54) is 12.1 Å². The zero-order chi connectivity index (χ0) is 14.4. The Balaban J connectivity index is 1.93. The van der Waals surface area contributed by atoms with Crippen LogP contribution in [0.3, 0.4) is 0 Å². The van der Waals surface area contributed by atoms with Crippen molar-refractivity contribution in [2.45, 2.75) is 19.0 Å². The van der Waals surface area contributed by atoms with E-state index in [0.29, 0.717) is 18.5 Å². The first-order chi connectivity index (χ1) is 9.67. The molecule has 0 bridgehead atoms. The number of hydrogen-bond acceptors (Lipinski definition) is 2. The highest BCUT2D eigenvalue weighted by atomic mass is 19.1. The Bertz CT molecular complexity index is 525. The number of aliphatic hydroxyl groups is 1. The van der Waals surface area contributed by atoms with Crippen molar-refractivity contribution in [2.24, 2.45) is 0 Å². The SMILES string of the molecule is OC[C@@H](Cc1ccccc1)NCc1cc(F)cc(F)c1. The molecule has 0 aromatic heterocycles. The lowest BCUT2D eigenvalue weighted by Crippen LogP contribution is -2.34. The van der Waals surface area contributed by atoms with Crippen LogP contribution >= 0.6 is 0 Å². The van der Waals surface area contributed by atoms with Gasteiger partial charge in [0, 0.05) is 18.7 Å². The Hall–Kier alpha value is -1.78. The van der Waals surface area contributed by atoms with Crippen LogP contribution in [-0.4, -0.2) is 17.8 Å². The van der Waals surface area contributed by atoms with Gasteiger partial charge in [-0.25, -0.2) is 8.78 Å². The van der Waals surface area contributed by atoms with Crippen LogP contribution in [-0.2, 0) is 13.0 Å². The highest BCUT2D eigenvalue weighted by Gasteiger charge is 2.08. The fraction of sp³-hybridized carbons (Fsp3) is 0.250. The molecule has 0 aliphatic rings. The van der Waals surface area contributed by atoms with Crippen molar-refractivity contribution in [3.8, 4) is 0 Å². The topological polar surface area (TPSA) is 32.3 Å². The van der Waals surface area contributed by atoms with Crippen LogP contribution in [0.25, 0.3) is 0 Å². The van der Waals surface area contributed by atoms with E-state index < -0.39 is 11.6 Å². The molecule has 0 saturated heterocycles. The lowest BCUT2D eigenvalue weighted by atomic mass is 10.1. The molecule has 0 aliphatic heterocycles. The van der Waals surface area contributed by atoms with E-state index in [0.717, 1.165) is 11.6 Å². The lowest BCUT2D eigenvalue weighted by molar-refractivity contribution is 0.240. The van der Waals surface area contributed by atoms with Gasteiger partial charge >= 0.3 is 0 Å². The number of nitrogens with one attached hydrogen (secondary N) is 1. The van der Waals surface area contributed by atoms with Gasteiger partial charge in [-0.1, -0.05) is 30.3 Å². The molecule has 2 aromatic rings. The second kappa shape index (κ2) is 7.12. The average molecular weight is 277 g/mol. The summed E-state index contributed by atoms with van der Waals surface area (Å²) in [5, 5.41) is 12.5. The predicted octanol–water partition coefficient (Wildman–Crippen LogP) is 2.66. The summed E-state index contributed by atoms with van der Waals surface area (Å²) < 4.78 is 26.1. The van der Waals surface area contributed by atoms with E-state index >= 15 is 0 Å². The summed E-state index contributed by atoms with van der Waals surface area (Å²) in [5.41, 5.74) is 1.62. The second-order valence-electron chi connectivity index (χ2n) is 4.73. The van der Waals surface area contributed by atoms with Crippen LogP contribution in [0.5, 0.6) is 0 Å². The fourth-order valence-electron chi connectivity index (χ4n) is 2.08. The number of hydrogen-bond donors (Lipinski definition) is 2. The number of benzene rings is 2. The van der Waals surface area contributed by atoms with Crippen LogP contribution in [0.1, 0.15) is 11.1 Å². The van der Waals surface area contributed by atoms with Crippen LogP contribution < -0.4 is 5.32 Å². The molecule has 0 amide bonds. The largest absolute Gasteiger partial charge is 0.395 e. The quantitative estimate of drug-likeness (QED) is 0.851. The van der Waals surface area contributed by atoms with Gasteiger partial charge in [0.25, 0.3) is 0 Å². The molecule has 2 rings (SSSR count). The lowest BCUT2D eigenvalue weighted by Gasteiger charge is -2.16. The molecular weight excluding hydrogens is 260 g/mol. The molecule has 4 heteroatoms. The first kappa shape index (κ1) is 14.6. The molecule has 0 aliphatic carbocycles. The molecular formula is C16H17F2NO. The maximum Gasteiger partial charge on any atom is 0.126 e. The second-order valence-corrected chi connectivity index (χ2v) is 4.73. The van der Waals surface area contributed by atoms with Gasteiger partial charge in [0.15, 0.2) is 0 Å². The van der Waals surface area contributed by atoms with E-state index in [4.69, 9.17) is 0 Å². The molecule has 0 radical (unpaired) electrons. The van der Waals surface area contributed by atoms with Crippen LogP contribution in [0.2, 0.25) is 0 Å². The minimum absolute atomic E-state index is 0.0350. The van der Waals surface area contributed by atoms with Crippen LogP contribution in [0.4, 0.5) is 8.78 Å². The van der Waals surface area contributed by atoms with Crippen LogP contribution in [0, 0.1) is 11.6 Å². The molecule has 1 atom stereocenters. The molecule has 0 unspecified atom stereocenters. The molecule has 0 saturated carbocycles. The monoisotopic (exact) mass is 277 g/mol. The standard InChI is InChI=1S/C16H17F2NO/c17-14-6-13(7-15(18)9-14)10-19-16(11-20)8-12-4-2-1-3-5-12/h1-7,9,16,19-20H,8,10-11H2/t16-/m1/s1. The average Bonchev–Trinajstić information content (AvgIpc) is 2.43. The van der Waals surface area contributed by atoms with Gasteiger partial charge in [-0.05, 0) is 29.7 Å². The molecule has 2 N–H and O–H groups in total. The molecule has 0 fully saturated rings. The van der Waals surface area contributed by atoms with Crippen LogP contribution in [0.15, 0.2) is 48.5 Å². The maximum absolute atomic E-state index is 13.1. The normalized spacial score (nSPS) is 12.3. The predicted molar refractivity (Wildman–Crippen MR) is 74.2 cm³/mol. The van der Waals surface area contributed by atoms with E-state index in [9.17, 15) is 13.9 Å². The van der Waals surface area contributed by atoms with Crippen molar-refractivity contribution >= 4 is 0 Å². The summed E-state index contributed by atoms with van der Waals surface area (Å²) >= 11 is 0. The first-order valence-corrected chi connectivity index (χ1v) is 6.50. The zero-order valence-corrected chi connectivity index (χ0v) is 11.0. The van der Waals surface area contributed by atoms with Crippen molar-refractivity contribution in [3.63, 3.8) is 0 Å². The Kier molecular flexibility index (Phi) is 5.21. The third-order valence-electron chi connectivity index (χ3n) is 3.06. The molecule has 106 valence electrons. The summed E-state index contributed by atoms with van der Waals surface area (Å²) in [7, 11) is 0. The van der Waals surface area contributed by atoms with Gasteiger partial charge in [-0.15, -0.1) is 0 Å². The minimum atomic E-state index is -0.592. The Morgan fingerprint density at radius 3 is 2.20 bits per heavy atom. The number of halogens is 2. The van der Waals surface area contributed by atoms with Crippen molar-refractivity contribution in [3.05, 3.63) is 71.3 Å². The molecule has 20 heavy (non-hydrogen) atoms. The van der Waals surface area contributed by atoms with E-state index in [2.05, 4.69) is 5.32 Å². The molecule has 2 nitrogen and oxygen atoms in total. The summed E-state index contributed by atoms with van der Waals surface area (Å²) in [4.78, 5) is 0. The van der Waals surface area contributed by atoms with Gasteiger partial charge in [0.05, 0.1) is 6.61 Å². The minimum Gasteiger partial charge on any atom is -0.395 e. The highest BCUT2D eigenvalue weighted by Crippen LogP contribution is 2.09. The third kappa shape index (κ3) is 4.40. The molecule has 0 spiro atoms. The smallest absolute Gasteiger partial charge is 0.126 e. The Labute approximate surface area is 117 Å². The Morgan fingerprint density at radius 2 is 1.60 bits per heavy atom. The third-order valence-corrected chi connectivity index (χ3v) is 3.06. The van der Waals surface area contributed by atoms with Crippen molar-refractivity contribution in [1.29, 1.82) is 0 Å². The summed E-state index contributed by atoms with van der Waals surface area (Å²) in [6.45, 7) is 0.277. The van der Waals surface area contributed by atoms with E-state index in [1.807, 2.05) is 30.3 Å². The van der Waals surface area contributed by atoms with E-state index in [-0.39, 0.29) is 12.6 Å². The molecule has 0 heterocycles. The van der Waals surface area contributed by atoms with Crippen molar-refractivity contribution in [2.75, 3.05) is 6.61 Å². The first-order valence-electron chi connectivity index (χ1n) is 6.50. The van der Waals surface area contributed by atoms with E-state index in [1.54, 1.807) is 0 Å².